The highest BCUT2D eigenvalue weighted by molar-refractivity contribution is 6.04. The second-order valence-electron chi connectivity index (χ2n) is 5.42. The summed E-state index contributed by atoms with van der Waals surface area (Å²) < 4.78 is 23.8. The van der Waals surface area contributed by atoms with Gasteiger partial charge in [-0.15, -0.1) is 0 Å². The number of carbonyl (C=O) groups is 1. The van der Waals surface area contributed by atoms with Crippen molar-refractivity contribution in [2.24, 2.45) is 5.16 Å². The van der Waals surface area contributed by atoms with Gasteiger partial charge in [0.05, 0.1) is 18.4 Å². The van der Waals surface area contributed by atoms with Crippen LogP contribution in [-0.2, 0) is 4.84 Å². The molecular formula is C18H16FNO4. The van der Waals surface area contributed by atoms with Crippen molar-refractivity contribution in [3.05, 3.63) is 59.4 Å². The Labute approximate surface area is 138 Å². The molecule has 1 heterocycles. The lowest BCUT2D eigenvalue weighted by molar-refractivity contribution is 0.0513. The Kier molecular flexibility index (Phi) is 4.46. The van der Waals surface area contributed by atoms with Crippen LogP contribution in [0, 0.1) is 5.82 Å². The number of fused-ring (bicyclic) bond motifs is 1. The van der Waals surface area contributed by atoms with Crippen molar-refractivity contribution in [2.45, 2.75) is 19.4 Å². The van der Waals surface area contributed by atoms with Crippen LogP contribution in [-0.4, -0.2) is 24.9 Å². The summed E-state index contributed by atoms with van der Waals surface area (Å²) >= 11 is 0. The number of nitrogens with zero attached hydrogens (tertiary/aromatic N) is 1. The van der Waals surface area contributed by atoms with E-state index in [1.54, 1.807) is 19.2 Å². The van der Waals surface area contributed by atoms with Crippen molar-refractivity contribution >= 4 is 11.7 Å². The zero-order valence-corrected chi connectivity index (χ0v) is 13.3. The standard InChI is InChI=1S/C18H16FNO4/c1-11-9-16(15-8-7-14(22-2)10-17(15)23-11)20-24-18(21)12-3-5-13(19)6-4-12/h3-8,10-11H,9H2,1-2H3/b20-16+. The van der Waals surface area contributed by atoms with Crippen molar-refractivity contribution in [3.63, 3.8) is 0 Å². The van der Waals surface area contributed by atoms with Crippen LogP contribution >= 0.6 is 0 Å². The van der Waals surface area contributed by atoms with Crippen LogP contribution in [0.5, 0.6) is 11.5 Å². The largest absolute Gasteiger partial charge is 0.497 e. The van der Waals surface area contributed by atoms with Crippen molar-refractivity contribution in [2.75, 3.05) is 7.11 Å². The lowest BCUT2D eigenvalue weighted by atomic mass is 10.0. The first-order chi connectivity index (χ1) is 11.6. The van der Waals surface area contributed by atoms with Gasteiger partial charge in [-0.3, -0.25) is 0 Å². The van der Waals surface area contributed by atoms with E-state index in [0.717, 1.165) is 5.56 Å². The molecule has 1 unspecified atom stereocenters. The maximum absolute atomic E-state index is 12.9. The summed E-state index contributed by atoms with van der Waals surface area (Å²) in [6.07, 6.45) is 0.406. The molecule has 0 saturated carbocycles. The quantitative estimate of drug-likeness (QED) is 0.638. The third kappa shape index (κ3) is 3.37. The highest BCUT2D eigenvalue weighted by Crippen LogP contribution is 2.31. The normalized spacial score (nSPS) is 17.8. The number of ether oxygens (including phenoxy) is 2. The molecule has 3 rings (SSSR count). The molecule has 0 radical (unpaired) electrons. The maximum atomic E-state index is 12.9. The summed E-state index contributed by atoms with van der Waals surface area (Å²) in [5.74, 6) is 0.242. The van der Waals surface area contributed by atoms with Gasteiger partial charge in [0.1, 0.15) is 23.4 Å². The van der Waals surface area contributed by atoms with Gasteiger partial charge >= 0.3 is 5.97 Å². The van der Waals surface area contributed by atoms with Crippen LogP contribution in [0.1, 0.15) is 29.3 Å². The molecule has 0 aromatic heterocycles. The molecular weight excluding hydrogens is 313 g/mol. The Balaban J connectivity index is 1.83. The van der Waals surface area contributed by atoms with Crippen molar-refractivity contribution in [1.82, 2.24) is 0 Å². The SMILES string of the molecule is COc1ccc2c(c1)OC(C)C/C2=N\OC(=O)c1ccc(F)cc1. The lowest BCUT2D eigenvalue weighted by Gasteiger charge is -2.24. The van der Waals surface area contributed by atoms with Gasteiger partial charge in [-0.1, -0.05) is 5.16 Å². The number of rotatable bonds is 3. The molecule has 6 heteroatoms. The second kappa shape index (κ2) is 6.70. The molecule has 0 spiro atoms. The van der Waals surface area contributed by atoms with Gasteiger partial charge in [0, 0.05) is 18.1 Å². The Bertz CT molecular complexity index is 786. The fourth-order valence-corrected chi connectivity index (χ4v) is 2.43. The molecule has 5 nitrogen and oxygen atoms in total. The van der Waals surface area contributed by atoms with Gasteiger partial charge in [0.15, 0.2) is 0 Å². The molecule has 0 saturated heterocycles. The first kappa shape index (κ1) is 16.0. The number of carbonyl (C=O) groups excluding carboxylic acids is 1. The van der Waals surface area contributed by atoms with E-state index in [0.29, 0.717) is 23.6 Å². The topological polar surface area (TPSA) is 57.1 Å². The van der Waals surface area contributed by atoms with Crippen LogP contribution in [0.25, 0.3) is 0 Å². The van der Waals surface area contributed by atoms with Crippen LogP contribution in [0.3, 0.4) is 0 Å². The Morgan fingerprint density at radius 3 is 2.71 bits per heavy atom. The Hall–Kier alpha value is -2.89. The third-order valence-electron chi connectivity index (χ3n) is 3.63. The minimum Gasteiger partial charge on any atom is -0.497 e. The zero-order valence-electron chi connectivity index (χ0n) is 13.3. The molecule has 0 bridgehead atoms. The van der Waals surface area contributed by atoms with E-state index in [1.807, 2.05) is 13.0 Å². The summed E-state index contributed by atoms with van der Waals surface area (Å²) in [6, 6.07) is 10.5. The van der Waals surface area contributed by atoms with E-state index in [-0.39, 0.29) is 11.7 Å². The number of methoxy groups -OCH3 is 1. The number of benzene rings is 2. The van der Waals surface area contributed by atoms with Crippen molar-refractivity contribution in [3.8, 4) is 11.5 Å². The minimum atomic E-state index is -0.642. The highest BCUT2D eigenvalue weighted by atomic mass is 19.1. The van der Waals surface area contributed by atoms with Crippen molar-refractivity contribution in [1.29, 1.82) is 0 Å². The van der Waals surface area contributed by atoms with E-state index in [4.69, 9.17) is 14.3 Å². The first-order valence-corrected chi connectivity index (χ1v) is 7.45. The minimum absolute atomic E-state index is 0.104. The number of oxime groups is 1. The predicted molar refractivity (Wildman–Crippen MR) is 86.1 cm³/mol. The predicted octanol–water partition coefficient (Wildman–Crippen LogP) is 3.57. The van der Waals surface area contributed by atoms with Gasteiger partial charge in [-0.25, -0.2) is 9.18 Å². The van der Waals surface area contributed by atoms with E-state index in [1.165, 1.54) is 24.3 Å². The first-order valence-electron chi connectivity index (χ1n) is 7.45. The van der Waals surface area contributed by atoms with E-state index < -0.39 is 11.8 Å². The van der Waals surface area contributed by atoms with Gasteiger partial charge < -0.3 is 14.3 Å². The van der Waals surface area contributed by atoms with Crippen LogP contribution in [0.15, 0.2) is 47.6 Å². The molecule has 24 heavy (non-hydrogen) atoms. The third-order valence-corrected chi connectivity index (χ3v) is 3.63. The molecule has 2 aromatic carbocycles. The highest BCUT2D eigenvalue weighted by Gasteiger charge is 2.23. The summed E-state index contributed by atoms with van der Waals surface area (Å²) in [5, 5.41) is 3.98. The second-order valence-corrected chi connectivity index (χ2v) is 5.42. The average molecular weight is 329 g/mol. The molecule has 124 valence electrons. The Morgan fingerprint density at radius 1 is 1.25 bits per heavy atom. The molecule has 0 aliphatic carbocycles. The molecule has 1 atom stereocenters. The van der Waals surface area contributed by atoms with Crippen LogP contribution in [0.4, 0.5) is 4.39 Å². The summed E-state index contributed by atoms with van der Waals surface area (Å²) in [4.78, 5) is 17.0. The molecule has 1 aliphatic heterocycles. The van der Waals surface area contributed by atoms with E-state index in [9.17, 15) is 9.18 Å². The van der Waals surface area contributed by atoms with Gasteiger partial charge in [-0.05, 0) is 43.3 Å². The van der Waals surface area contributed by atoms with Gasteiger partial charge in [0.25, 0.3) is 0 Å². The smallest absolute Gasteiger partial charge is 0.365 e. The molecule has 2 aromatic rings. The summed E-state index contributed by atoms with van der Waals surface area (Å²) in [7, 11) is 1.58. The van der Waals surface area contributed by atoms with Gasteiger partial charge in [-0.2, -0.15) is 0 Å². The number of halogens is 1. The van der Waals surface area contributed by atoms with Gasteiger partial charge in [0.2, 0.25) is 0 Å². The monoisotopic (exact) mass is 329 g/mol. The molecule has 0 fully saturated rings. The molecule has 0 amide bonds. The van der Waals surface area contributed by atoms with Crippen molar-refractivity contribution < 1.29 is 23.5 Å². The lowest BCUT2D eigenvalue weighted by Crippen LogP contribution is -2.25. The summed E-state index contributed by atoms with van der Waals surface area (Å²) in [5.41, 5.74) is 1.60. The fraction of sp³-hybridized carbons (Fsp3) is 0.222. The summed E-state index contributed by atoms with van der Waals surface area (Å²) in [6.45, 7) is 1.90. The molecule has 0 N–H and O–H groups in total. The fourth-order valence-electron chi connectivity index (χ4n) is 2.43. The molecule has 1 aliphatic rings. The van der Waals surface area contributed by atoms with Crippen LogP contribution in [0.2, 0.25) is 0 Å². The zero-order chi connectivity index (χ0) is 17.1. The maximum Gasteiger partial charge on any atom is 0.365 e. The van der Waals surface area contributed by atoms with E-state index in [2.05, 4.69) is 5.16 Å². The number of hydrogen-bond donors (Lipinski definition) is 0. The van der Waals surface area contributed by atoms with E-state index >= 15 is 0 Å². The Morgan fingerprint density at radius 2 is 2.00 bits per heavy atom. The average Bonchev–Trinajstić information content (AvgIpc) is 2.59. The van der Waals surface area contributed by atoms with Crippen LogP contribution < -0.4 is 9.47 Å². The number of hydrogen-bond acceptors (Lipinski definition) is 5.